The number of aryl methyl sites for hydroxylation is 1. The van der Waals surface area contributed by atoms with Crippen LogP contribution in [0.25, 0.3) is 11.1 Å². The summed E-state index contributed by atoms with van der Waals surface area (Å²) in [6, 6.07) is 11.2. The Morgan fingerprint density at radius 2 is 2.04 bits per heavy atom. The number of aromatic nitrogens is 1. The Labute approximate surface area is 143 Å². The number of oxazole rings is 1. The van der Waals surface area contributed by atoms with E-state index in [4.69, 9.17) is 4.42 Å². The fourth-order valence-corrected chi connectivity index (χ4v) is 3.67. The molecular weight excluding hydrogens is 324 g/mol. The highest BCUT2D eigenvalue weighted by Gasteiger charge is 2.19. The molecule has 5 nitrogen and oxygen atoms in total. The first-order valence-corrected chi connectivity index (χ1v) is 8.85. The van der Waals surface area contributed by atoms with E-state index in [1.165, 1.54) is 4.57 Å². The number of carbonyl (C=O) groups is 1. The number of amides is 1. The van der Waals surface area contributed by atoms with Crippen LogP contribution in [0.4, 0.5) is 0 Å². The van der Waals surface area contributed by atoms with Crippen LogP contribution < -0.4 is 11.1 Å². The number of fused-ring (bicyclic) bond motifs is 1. The van der Waals surface area contributed by atoms with Crippen LogP contribution in [-0.4, -0.2) is 10.5 Å². The molecule has 1 amide bonds. The average Bonchev–Trinajstić information content (AvgIpc) is 3.17. The first kappa shape index (κ1) is 16.5. The van der Waals surface area contributed by atoms with E-state index in [9.17, 15) is 9.59 Å². The molecule has 0 saturated heterocycles. The third-order valence-corrected chi connectivity index (χ3v) is 4.92. The fourth-order valence-electron chi connectivity index (χ4n) is 2.72. The number of benzene rings is 1. The minimum atomic E-state index is -0.428. The lowest BCUT2D eigenvalue weighted by Crippen LogP contribution is -2.32. The molecule has 0 aliphatic carbocycles. The Balaban J connectivity index is 1.69. The van der Waals surface area contributed by atoms with Crippen molar-refractivity contribution in [1.82, 2.24) is 9.88 Å². The summed E-state index contributed by atoms with van der Waals surface area (Å²) in [7, 11) is 0. The molecule has 1 aromatic carbocycles. The van der Waals surface area contributed by atoms with Gasteiger partial charge in [-0.25, -0.2) is 4.79 Å². The molecule has 0 bridgehead atoms. The Bertz CT molecular complexity index is 877. The monoisotopic (exact) mass is 344 g/mol. The minimum absolute atomic E-state index is 0.00434. The number of rotatable bonds is 6. The van der Waals surface area contributed by atoms with Gasteiger partial charge in [0.05, 0.1) is 11.6 Å². The molecule has 126 valence electrons. The van der Waals surface area contributed by atoms with Gasteiger partial charge in [0.2, 0.25) is 5.91 Å². The van der Waals surface area contributed by atoms with Crippen molar-refractivity contribution in [2.45, 2.75) is 32.9 Å². The van der Waals surface area contributed by atoms with E-state index in [1.54, 1.807) is 17.4 Å². The van der Waals surface area contributed by atoms with Gasteiger partial charge in [0.25, 0.3) is 0 Å². The van der Waals surface area contributed by atoms with Crippen LogP contribution in [0.3, 0.4) is 0 Å². The van der Waals surface area contributed by atoms with Crippen molar-refractivity contribution in [3.05, 3.63) is 57.2 Å². The summed E-state index contributed by atoms with van der Waals surface area (Å²) in [5.41, 5.74) is 1.26. The molecule has 0 radical (unpaired) electrons. The van der Waals surface area contributed by atoms with Gasteiger partial charge < -0.3 is 9.73 Å². The predicted molar refractivity (Wildman–Crippen MR) is 95.1 cm³/mol. The van der Waals surface area contributed by atoms with Crippen LogP contribution in [0.1, 0.15) is 31.2 Å². The summed E-state index contributed by atoms with van der Waals surface area (Å²) in [6.07, 6.45) is 0.234. The SMILES string of the molecule is CC(C)[C@@H](NC(=O)CCn1c(=O)oc2ccccc21)c1cccs1. The van der Waals surface area contributed by atoms with Gasteiger partial charge >= 0.3 is 5.76 Å². The summed E-state index contributed by atoms with van der Waals surface area (Å²) in [4.78, 5) is 25.4. The molecule has 0 spiro atoms. The molecule has 0 aliphatic rings. The number of thiophene rings is 1. The maximum atomic E-state index is 12.3. The van der Waals surface area contributed by atoms with Crippen molar-refractivity contribution >= 4 is 28.3 Å². The number of hydrogen-bond acceptors (Lipinski definition) is 4. The Morgan fingerprint density at radius 1 is 1.25 bits per heavy atom. The number of carbonyl (C=O) groups excluding carboxylic acids is 1. The van der Waals surface area contributed by atoms with Crippen molar-refractivity contribution in [3.63, 3.8) is 0 Å². The first-order valence-electron chi connectivity index (χ1n) is 7.97. The molecule has 0 saturated carbocycles. The van der Waals surface area contributed by atoms with Gasteiger partial charge in [-0.05, 0) is 29.5 Å². The van der Waals surface area contributed by atoms with Crippen molar-refractivity contribution in [2.75, 3.05) is 0 Å². The summed E-state index contributed by atoms with van der Waals surface area (Å²) in [5, 5.41) is 5.08. The van der Waals surface area contributed by atoms with Crippen LogP contribution in [0.5, 0.6) is 0 Å². The summed E-state index contributed by atoms with van der Waals surface area (Å²) in [6.45, 7) is 4.47. The highest BCUT2D eigenvalue weighted by Crippen LogP contribution is 2.25. The van der Waals surface area contributed by atoms with Gasteiger partial charge in [-0.15, -0.1) is 11.3 Å². The Morgan fingerprint density at radius 3 is 2.75 bits per heavy atom. The van der Waals surface area contributed by atoms with Gasteiger partial charge in [0.15, 0.2) is 5.58 Å². The average molecular weight is 344 g/mol. The molecule has 3 rings (SSSR count). The van der Waals surface area contributed by atoms with Gasteiger partial charge in [0.1, 0.15) is 0 Å². The highest BCUT2D eigenvalue weighted by molar-refractivity contribution is 7.10. The Hall–Kier alpha value is -2.34. The van der Waals surface area contributed by atoms with Crippen molar-refractivity contribution in [2.24, 2.45) is 5.92 Å². The van der Waals surface area contributed by atoms with Gasteiger partial charge in [-0.2, -0.15) is 0 Å². The zero-order valence-corrected chi connectivity index (χ0v) is 14.5. The topological polar surface area (TPSA) is 64.2 Å². The van der Waals surface area contributed by atoms with Crippen LogP contribution in [0, 0.1) is 5.92 Å². The first-order chi connectivity index (χ1) is 11.6. The van der Waals surface area contributed by atoms with Crippen LogP contribution in [0.2, 0.25) is 0 Å². The van der Waals surface area contributed by atoms with E-state index in [2.05, 4.69) is 19.2 Å². The molecule has 0 fully saturated rings. The maximum Gasteiger partial charge on any atom is 0.419 e. The van der Waals surface area contributed by atoms with E-state index < -0.39 is 5.76 Å². The normalized spacial score (nSPS) is 12.6. The Kier molecular flexibility index (Phi) is 4.85. The molecule has 0 aliphatic heterocycles. The lowest BCUT2D eigenvalue weighted by Gasteiger charge is -2.21. The molecule has 24 heavy (non-hydrogen) atoms. The zero-order valence-electron chi connectivity index (χ0n) is 13.7. The van der Waals surface area contributed by atoms with E-state index in [-0.39, 0.29) is 18.4 Å². The van der Waals surface area contributed by atoms with Crippen molar-refractivity contribution < 1.29 is 9.21 Å². The summed E-state index contributed by atoms with van der Waals surface area (Å²) < 4.78 is 6.69. The zero-order chi connectivity index (χ0) is 17.1. The quantitative estimate of drug-likeness (QED) is 0.743. The number of hydrogen-bond donors (Lipinski definition) is 1. The predicted octanol–water partition coefficient (Wildman–Crippen LogP) is 3.56. The molecule has 6 heteroatoms. The molecular formula is C18H20N2O3S. The molecule has 1 atom stereocenters. The summed E-state index contributed by atoms with van der Waals surface area (Å²) in [5.74, 6) is -0.202. The van der Waals surface area contributed by atoms with Gasteiger partial charge in [-0.1, -0.05) is 32.0 Å². The number of nitrogens with one attached hydrogen (secondary N) is 1. The van der Waals surface area contributed by atoms with E-state index >= 15 is 0 Å². The third kappa shape index (κ3) is 3.43. The second-order valence-corrected chi connectivity index (χ2v) is 7.02. The van der Waals surface area contributed by atoms with E-state index in [0.717, 1.165) is 4.88 Å². The molecule has 1 N–H and O–H groups in total. The summed E-state index contributed by atoms with van der Waals surface area (Å²) >= 11 is 1.64. The van der Waals surface area contributed by atoms with Gasteiger partial charge in [-0.3, -0.25) is 9.36 Å². The molecule has 0 unspecified atom stereocenters. The highest BCUT2D eigenvalue weighted by atomic mass is 32.1. The van der Waals surface area contributed by atoms with Crippen LogP contribution in [-0.2, 0) is 11.3 Å². The van der Waals surface area contributed by atoms with E-state index in [0.29, 0.717) is 23.6 Å². The lowest BCUT2D eigenvalue weighted by molar-refractivity contribution is -0.122. The second-order valence-electron chi connectivity index (χ2n) is 6.04. The van der Waals surface area contributed by atoms with Crippen molar-refractivity contribution in [3.8, 4) is 0 Å². The van der Waals surface area contributed by atoms with Crippen LogP contribution in [0.15, 0.2) is 51.0 Å². The van der Waals surface area contributed by atoms with E-state index in [1.807, 2.05) is 35.7 Å². The minimum Gasteiger partial charge on any atom is -0.408 e. The van der Waals surface area contributed by atoms with Gasteiger partial charge in [0, 0.05) is 17.8 Å². The molecule has 2 heterocycles. The standard InChI is InChI=1S/C18H20N2O3S/c1-12(2)17(15-8-5-11-24-15)19-16(21)9-10-20-13-6-3-4-7-14(13)23-18(20)22/h3-8,11-12,17H,9-10H2,1-2H3,(H,19,21)/t17-/m1/s1. The largest absolute Gasteiger partial charge is 0.419 e. The van der Waals surface area contributed by atoms with Crippen LogP contribution >= 0.6 is 11.3 Å². The smallest absolute Gasteiger partial charge is 0.408 e. The molecule has 3 aromatic rings. The third-order valence-electron chi connectivity index (χ3n) is 3.97. The fraction of sp³-hybridized carbons (Fsp3) is 0.333. The molecule has 2 aromatic heterocycles. The van der Waals surface area contributed by atoms with Crippen molar-refractivity contribution in [1.29, 1.82) is 0 Å². The lowest BCUT2D eigenvalue weighted by atomic mass is 10.0. The second kappa shape index (κ2) is 7.05. The number of para-hydroxylation sites is 2. The maximum absolute atomic E-state index is 12.3. The number of nitrogens with zero attached hydrogens (tertiary/aromatic N) is 1.